The molecule has 0 nitrogen and oxygen atoms in total. The van der Waals surface area contributed by atoms with Crippen LogP contribution in [0, 0.1) is 11.3 Å². The number of unbranched alkanes of at least 4 members (excludes halogenated alkanes) is 6. The molecule has 0 aliphatic rings. The molecule has 0 aliphatic heterocycles. The van der Waals surface area contributed by atoms with Gasteiger partial charge in [-0.1, -0.05) is 92.4 Å². The summed E-state index contributed by atoms with van der Waals surface area (Å²) in [6.07, 6.45) is 14.1. The van der Waals surface area contributed by atoms with Gasteiger partial charge in [0.2, 0.25) is 0 Å². The summed E-state index contributed by atoms with van der Waals surface area (Å²) < 4.78 is 0. The first-order valence-electron chi connectivity index (χ1n) is 8.04. The van der Waals surface area contributed by atoms with Crippen LogP contribution >= 0.6 is 0 Å². The lowest BCUT2D eigenvalue weighted by molar-refractivity contribution is 0.190. The van der Waals surface area contributed by atoms with Crippen LogP contribution in [0.2, 0.25) is 0 Å². The van der Waals surface area contributed by atoms with Crippen molar-refractivity contribution in [3.8, 4) is 0 Å². The average molecular weight is 240 g/mol. The van der Waals surface area contributed by atoms with Crippen molar-refractivity contribution in [2.45, 2.75) is 98.8 Å². The monoisotopic (exact) mass is 240 g/mol. The van der Waals surface area contributed by atoms with Gasteiger partial charge in [-0.2, -0.15) is 0 Å². The third kappa shape index (κ3) is 8.69. The first kappa shape index (κ1) is 17.0. The normalized spacial score (nSPS) is 13.9. The molecule has 0 aromatic carbocycles. The minimum atomic E-state index is 0.555. The van der Waals surface area contributed by atoms with Gasteiger partial charge in [-0.3, -0.25) is 0 Å². The molecule has 0 saturated heterocycles. The van der Waals surface area contributed by atoms with Gasteiger partial charge in [-0.25, -0.2) is 0 Å². The molecular formula is C17H36. The van der Waals surface area contributed by atoms with Gasteiger partial charge in [0.25, 0.3) is 0 Å². The lowest BCUT2D eigenvalue weighted by Crippen LogP contribution is -2.21. The Morgan fingerprint density at radius 1 is 0.765 bits per heavy atom. The fourth-order valence-corrected chi connectivity index (χ4v) is 2.52. The lowest BCUT2D eigenvalue weighted by atomic mass is 9.74. The Bertz CT molecular complexity index is 157. The Morgan fingerprint density at radius 2 is 1.29 bits per heavy atom. The maximum absolute atomic E-state index is 2.47. The highest BCUT2D eigenvalue weighted by Crippen LogP contribution is 2.35. The van der Waals surface area contributed by atoms with Gasteiger partial charge in [0.1, 0.15) is 0 Å². The number of hydrogen-bond acceptors (Lipinski definition) is 0. The molecule has 0 fully saturated rings. The summed E-state index contributed by atoms with van der Waals surface area (Å²) in [5.74, 6) is 0.890. The van der Waals surface area contributed by atoms with Crippen LogP contribution in [0.3, 0.4) is 0 Å². The van der Waals surface area contributed by atoms with Crippen LogP contribution in [0.5, 0.6) is 0 Å². The highest BCUT2D eigenvalue weighted by Gasteiger charge is 2.24. The van der Waals surface area contributed by atoms with E-state index in [4.69, 9.17) is 0 Å². The van der Waals surface area contributed by atoms with E-state index in [1.807, 2.05) is 0 Å². The molecule has 0 aromatic heterocycles. The maximum atomic E-state index is 2.47. The Kier molecular flexibility index (Phi) is 9.97. The topological polar surface area (TPSA) is 0 Å². The van der Waals surface area contributed by atoms with Crippen LogP contribution in [0.15, 0.2) is 0 Å². The molecule has 0 N–H and O–H groups in total. The summed E-state index contributed by atoms with van der Waals surface area (Å²) in [6.45, 7) is 12.0. The molecule has 0 amide bonds. The van der Waals surface area contributed by atoms with E-state index >= 15 is 0 Å². The van der Waals surface area contributed by atoms with E-state index in [0.717, 1.165) is 5.92 Å². The van der Waals surface area contributed by atoms with E-state index in [2.05, 4.69) is 34.6 Å². The molecule has 1 atom stereocenters. The van der Waals surface area contributed by atoms with Crippen molar-refractivity contribution in [1.29, 1.82) is 0 Å². The number of hydrogen-bond donors (Lipinski definition) is 0. The van der Waals surface area contributed by atoms with Gasteiger partial charge >= 0.3 is 0 Å². The Hall–Kier alpha value is 0. The molecule has 17 heavy (non-hydrogen) atoms. The Morgan fingerprint density at radius 3 is 1.88 bits per heavy atom. The zero-order valence-corrected chi connectivity index (χ0v) is 13.1. The van der Waals surface area contributed by atoms with Crippen molar-refractivity contribution in [3.05, 3.63) is 0 Å². The molecule has 0 rings (SSSR count). The molecule has 0 bridgehead atoms. The largest absolute Gasteiger partial charge is 0.0654 e. The molecule has 104 valence electrons. The second-order valence-corrected chi connectivity index (χ2v) is 6.55. The number of rotatable bonds is 11. The fourth-order valence-electron chi connectivity index (χ4n) is 2.52. The van der Waals surface area contributed by atoms with Crippen molar-refractivity contribution >= 4 is 0 Å². The molecular weight excluding hydrogens is 204 g/mol. The smallest absolute Gasteiger partial charge is 0.0329 e. The molecule has 0 aliphatic carbocycles. The standard InChI is InChI=1S/C17H36/c1-6-8-10-11-12-14-16(3)17(4,5)15-13-9-7-2/h16H,6-15H2,1-5H3. The van der Waals surface area contributed by atoms with Crippen LogP contribution in [0.4, 0.5) is 0 Å². The van der Waals surface area contributed by atoms with Crippen LogP contribution in [0.25, 0.3) is 0 Å². The highest BCUT2D eigenvalue weighted by molar-refractivity contribution is 4.75. The summed E-state index contributed by atoms with van der Waals surface area (Å²) >= 11 is 0. The molecule has 0 heteroatoms. The van der Waals surface area contributed by atoms with Gasteiger partial charge in [-0.05, 0) is 17.8 Å². The Balaban J connectivity index is 3.66. The molecule has 0 saturated carbocycles. The minimum absolute atomic E-state index is 0.555. The van der Waals surface area contributed by atoms with Crippen LogP contribution < -0.4 is 0 Å². The van der Waals surface area contributed by atoms with E-state index in [1.54, 1.807) is 0 Å². The maximum Gasteiger partial charge on any atom is -0.0329 e. The van der Waals surface area contributed by atoms with Gasteiger partial charge in [0.15, 0.2) is 0 Å². The van der Waals surface area contributed by atoms with Crippen molar-refractivity contribution in [3.63, 3.8) is 0 Å². The lowest BCUT2D eigenvalue weighted by Gasteiger charge is -2.32. The molecule has 0 aromatic rings. The molecule has 0 radical (unpaired) electrons. The summed E-state index contributed by atoms with van der Waals surface area (Å²) in [5, 5.41) is 0. The van der Waals surface area contributed by atoms with Crippen molar-refractivity contribution < 1.29 is 0 Å². The van der Waals surface area contributed by atoms with Gasteiger partial charge < -0.3 is 0 Å². The predicted octanol–water partition coefficient (Wildman–Crippen LogP) is 6.59. The van der Waals surface area contributed by atoms with E-state index in [-0.39, 0.29) is 0 Å². The summed E-state index contributed by atoms with van der Waals surface area (Å²) in [4.78, 5) is 0. The minimum Gasteiger partial charge on any atom is -0.0654 e. The second-order valence-electron chi connectivity index (χ2n) is 6.55. The first-order valence-corrected chi connectivity index (χ1v) is 8.04. The van der Waals surface area contributed by atoms with Crippen LogP contribution in [0.1, 0.15) is 98.8 Å². The van der Waals surface area contributed by atoms with Crippen LogP contribution in [-0.4, -0.2) is 0 Å². The fraction of sp³-hybridized carbons (Fsp3) is 1.00. The predicted molar refractivity (Wildman–Crippen MR) is 80.5 cm³/mol. The van der Waals surface area contributed by atoms with Crippen molar-refractivity contribution in [2.24, 2.45) is 11.3 Å². The average Bonchev–Trinajstić information content (AvgIpc) is 2.28. The molecule has 1 unspecified atom stereocenters. The zero-order valence-electron chi connectivity index (χ0n) is 13.1. The quantitative estimate of drug-likeness (QED) is 0.357. The Labute approximate surface area is 111 Å². The summed E-state index contributed by atoms with van der Waals surface area (Å²) in [5.41, 5.74) is 0.555. The third-order valence-corrected chi connectivity index (χ3v) is 4.50. The first-order chi connectivity index (χ1) is 8.04. The van der Waals surface area contributed by atoms with E-state index in [0.29, 0.717) is 5.41 Å². The molecule has 0 heterocycles. The van der Waals surface area contributed by atoms with E-state index in [1.165, 1.54) is 64.2 Å². The van der Waals surface area contributed by atoms with E-state index in [9.17, 15) is 0 Å². The summed E-state index contributed by atoms with van der Waals surface area (Å²) in [6, 6.07) is 0. The third-order valence-electron chi connectivity index (χ3n) is 4.50. The van der Waals surface area contributed by atoms with Gasteiger partial charge in [0.05, 0.1) is 0 Å². The highest BCUT2D eigenvalue weighted by atomic mass is 14.3. The van der Waals surface area contributed by atoms with Crippen molar-refractivity contribution in [2.75, 3.05) is 0 Å². The van der Waals surface area contributed by atoms with Gasteiger partial charge in [0, 0.05) is 0 Å². The SMILES string of the molecule is CCCCCCCC(C)C(C)(C)CCCCC. The van der Waals surface area contributed by atoms with Gasteiger partial charge in [-0.15, -0.1) is 0 Å². The second kappa shape index (κ2) is 9.97. The van der Waals surface area contributed by atoms with Crippen molar-refractivity contribution in [1.82, 2.24) is 0 Å². The molecule has 0 spiro atoms. The van der Waals surface area contributed by atoms with E-state index < -0.39 is 0 Å². The summed E-state index contributed by atoms with van der Waals surface area (Å²) in [7, 11) is 0. The van der Waals surface area contributed by atoms with Crippen LogP contribution in [-0.2, 0) is 0 Å². The zero-order chi connectivity index (χ0) is 13.1.